The molecule has 1 aromatic carbocycles. The van der Waals surface area contributed by atoms with Gasteiger partial charge in [0.25, 0.3) is 0 Å². The average Bonchev–Trinajstić information content (AvgIpc) is 2.85. The van der Waals surface area contributed by atoms with Gasteiger partial charge in [0.15, 0.2) is 5.76 Å². The summed E-state index contributed by atoms with van der Waals surface area (Å²) >= 11 is 6.79. The van der Waals surface area contributed by atoms with Gasteiger partial charge in [-0.1, -0.05) is 6.07 Å². The van der Waals surface area contributed by atoms with Gasteiger partial charge in [0.2, 0.25) is 0 Å². The highest BCUT2D eigenvalue weighted by atomic mass is 79.9. The number of amides is 1. The minimum atomic E-state index is -0.491. The van der Waals surface area contributed by atoms with Crippen LogP contribution in [0.2, 0.25) is 0 Å². The number of hydrazine groups is 1. The lowest BCUT2D eigenvalue weighted by atomic mass is 10.2. The van der Waals surface area contributed by atoms with E-state index in [1.807, 2.05) is 23.6 Å². The first-order chi connectivity index (χ1) is 9.13. The van der Waals surface area contributed by atoms with E-state index in [1.165, 1.54) is 6.26 Å². The number of carbonyl (C=O) groups is 1. The second-order valence-corrected chi connectivity index (χ2v) is 5.30. The number of furan rings is 1. The number of rotatable bonds is 4. The highest BCUT2D eigenvalue weighted by Gasteiger charge is 2.15. The molecule has 1 heterocycles. The van der Waals surface area contributed by atoms with E-state index in [1.54, 1.807) is 6.07 Å². The Balaban J connectivity index is 2.15. The molecule has 0 fully saturated rings. The van der Waals surface area contributed by atoms with Gasteiger partial charge in [0.1, 0.15) is 12.4 Å². The van der Waals surface area contributed by atoms with Crippen LogP contribution in [0.3, 0.4) is 0 Å². The van der Waals surface area contributed by atoms with Crippen LogP contribution in [-0.2, 0) is 6.61 Å². The predicted octanol–water partition coefficient (Wildman–Crippen LogP) is 2.99. The molecule has 0 aliphatic rings. The minimum absolute atomic E-state index is 0.144. The summed E-state index contributed by atoms with van der Waals surface area (Å²) in [5.41, 5.74) is 2.64. The van der Waals surface area contributed by atoms with Crippen LogP contribution < -0.4 is 16.0 Å². The molecule has 2 aromatic rings. The van der Waals surface area contributed by atoms with Crippen LogP contribution in [0.25, 0.3) is 0 Å². The SMILES string of the molecule is NNC(=O)c1occc1COc1c(Br)cccc1Br. The molecule has 100 valence electrons. The highest BCUT2D eigenvalue weighted by Crippen LogP contribution is 2.33. The van der Waals surface area contributed by atoms with Gasteiger partial charge in [-0.3, -0.25) is 10.2 Å². The smallest absolute Gasteiger partial charge is 0.301 e. The first-order valence-electron chi connectivity index (χ1n) is 5.27. The van der Waals surface area contributed by atoms with Crippen LogP contribution in [0.15, 0.2) is 43.9 Å². The van der Waals surface area contributed by atoms with Gasteiger partial charge in [0, 0.05) is 5.56 Å². The molecule has 0 saturated carbocycles. The highest BCUT2D eigenvalue weighted by molar-refractivity contribution is 9.11. The Bertz CT molecular complexity index is 578. The van der Waals surface area contributed by atoms with Crippen molar-refractivity contribution in [2.75, 3.05) is 0 Å². The summed E-state index contributed by atoms with van der Waals surface area (Å²) in [7, 11) is 0. The van der Waals surface area contributed by atoms with Crippen molar-refractivity contribution in [2.45, 2.75) is 6.61 Å². The second-order valence-electron chi connectivity index (χ2n) is 3.59. The van der Waals surface area contributed by atoms with Crippen molar-refractivity contribution in [1.29, 1.82) is 0 Å². The molecule has 0 saturated heterocycles. The molecule has 0 aliphatic heterocycles. The average molecular weight is 390 g/mol. The minimum Gasteiger partial charge on any atom is -0.486 e. The Morgan fingerprint density at radius 2 is 2.00 bits per heavy atom. The molecule has 5 nitrogen and oxygen atoms in total. The number of nitrogen functional groups attached to an aromatic ring is 1. The molecule has 0 bridgehead atoms. The summed E-state index contributed by atoms with van der Waals surface area (Å²) in [5.74, 6) is 5.38. The zero-order chi connectivity index (χ0) is 13.8. The molecular weight excluding hydrogens is 380 g/mol. The molecule has 1 aromatic heterocycles. The lowest BCUT2D eigenvalue weighted by Gasteiger charge is -2.09. The van der Waals surface area contributed by atoms with E-state index in [0.717, 1.165) is 8.95 Å². The molecule has 0 atom stereocenters. The maximum atomic E-state index is 11.4. The van der Waals surface area contributed by atoms with E-state index in [0.29, 0.717) is 11.3 Å². The largest absolute Gasteiger partial charge is 0.486 e. The van der Waals surface area contributed by atoms with Crippen molar-refractivity contribution in [3.05, 3.63) is 50.8 Å². The molecule has 3 N–H and O–H groups in total. The summed E-state index contributed by atoms with van der Waals surface area (Å²) in [4.78, 5) is 11.4. The Hall–Kier alpha value is -1.31. The third-order valence-electron chi connectivity index (χ3n) is 2.38. The maximum absolute atomic E-state index is 11.4. The van der Waals surface area contributed by atoms with Gasteiger partial charge in [-0.05, 0) is 50.1 Å². The molecule has 0 radical (unpaired) electrons. The van der Waals surface area contributed by atoms with Gasteiger partial charge in [-0.25, -0.2) is 5.84 Å². The standard InChI is InChI=1S/C12H10Br2N2O3/c13-8-2-1-3-9(14)11(8)19-6-7-4-5-18-10(7)12(17)16-15/h1-5H,6,15H2,(H,16,17). The van der Waals surface area contributed by atoms with Crippen LogP contribution in [0, 0.1) is 0 Å². The number of hydrogen-bond donors (Lipinski definition) is 2. The van der Waals surface area contributed by atoms with E-state index in [-0.39, 0.29) is 12.4 Å². The molecule has 2 rings (SSSR count). The van der Waals surface area contributed by atoms with Crippen molar-refractivity contribution in [3.63, 3.8) is 0 Å². The van der Waals surface area contributed by atoms with Crippen LogP contribution >= 0.6 is 31.9 Å². The molecule has 0 unspecified atom stereocenters. The van der Waals surface area contributed by atoms with Crippen LogP contribution in [0.4, 0.5) is 0 Å². The zero-order valence-electron chi connectivity index (χ0n) is 9.65. The van der Waals surface area contributed by atoms with Gasteiger partial charge in [-0.2, -0.15) is 0 Å². The van der Waals surface area contributed by atoms with Gasteiger partial charge in [0.05, 0.1) is 15.2 Å². The molecule has 0 spiro atoms. The van der Waals surface area contributed by atoms with Crippen LogP contribution in [0.1, 0.15) is 16.1 Å². The molecule has 7 heteroatoms. The van der Waals surface area contributed by atoms with E-state index >= 15 is 0 Å². The summed E-state index contributed by atoms with van der Waals surface area (Å²) in [6, 6.07) is 7.27. The Labute approximate surface area is 126 Å². The number of nitrogens with two attached hydrogens (primary N) is 1. The van der Waals surface area contributed by atoms with Crippen molar-refractivity contribution in [1.82, 2.24) is 5.43 Å². The van der Waals surface area contributed by atoms with Crippen molar-refractivity contribution < 1.29 is 13.9 Å². The number of hydrogen-bond acceptors (Lipinski definition) is 4. The number of carbonyl (C=O) groups excluding carboxylic acids is 1. The van der Waals surface area contributed by atoms with E-state index in [9.17, 15) is 4.79 Å². The monoisotopic (exact) mass is 388 g/mol. The molecule has 19 heavy (non-hydrogen) atoms. The van der Waals surface area contributed by atoms with Crippen molar-refractivity contribution in [2.24, 2.45) is 5.84 Å². The van der Waals surface area contributed by atoms with Crippen molar-refractivity contribution in [3.8, 4) is 5.75 Å². The summed E-state index contributed by atoms with van der Waals surface area (Å²) in [6.45, 7) is 0.195. The Morgan fingerprint density at radius 3 is 2.63 bits per heavy atom. The fourth-order valence-electron chi connectivity index (χ4n) is 1.48. The third kappa shape index (κ3) is 3.17. The topological polar surface area (TPSA) is 77.5 Å². The number of halogens is 2. The maximum Gasteiger partial charge on any atom is 0.301 e. The van der Waals surface area contributed by atoms with E-state index in [2.05, 4.69) is 31.9 Å². The third-order valence-corrected chi connectivity index (χ3v) is 3.62. The molecule has 1 amide bonds. The predicted molar refractivity (Wildman–Crippen MR) is 76.5 cm³/mol. The van der Waals surface area contributed by atoms with Crippen molar-refractivity contribution >= 4 is 37.8 Å². The fourth-order valence-corrected chi connectivity index (χ4v) is 2.71. The number of benzene rings is 1. The first-order valence-corrected chi connectivity index (χ1v) is 6.86. The lowest BCUT2D eigenvalue weighted by Crippen LogP contribution is -2.30. The van der Waals surface area contributed by atoms with E-state index < -0.39 is 5.91 Å². The summed E-state index contributed by atoms with van der Waals surface area (Å²) in [6.07, 6.45) is 1.42. The zero-order valence-corrected chi connectivity index (χ0v) is 12.8. The normalized spacial score (nSPS) is 10.3. The summed E-state index contributed by atoms with van der Waals surface area (Å²) in [5, 5.41) is 0. The fraction of sp³-hybridized carbons (Fsp3) is 0.0833. The summed E-state index contributed by atoms with van der Waals surface area (Å²) < 4.78 is 12.4. The number of para-hydroxylation sites is 1. The quantitative estimate of drug-likeness (QED) is 0.478. The molecule has 0 aliphatic carbocycles. The number of ether oxygens (including phenoxy) is 1. The molecular formula is C12H10Br2N2O3. The Kier molecular flexibility index (Phi) is 4.62. The van der Waals surface area contributed by atoms with Gasteiger partial charge in [-0.15, -0.1) is 0 Å². The van der Waals surface area contributed by atoms with Gasteiger partial charge >= 0.3 is 5.91 Å². The number of nitrogens with one attached hydrogen (secondary N) is 1. The van der Waals surface area contributed by atoms with Crippen LogP contribution in [-0.4, -0.2) is 5.91 Å². The van der Waals surface area contributed by atoms with Crippen LogP contribution in [0.5, 0.6) is 5.75 Å². The first kappa shape index (κ1) is 14.1. The Morgan fingerprint density at radius 1 is 1.32 bits per heavy atom. The van der Waals surface area contributed by atoms with Gasteiger partial charge < -0.3 is 9.15 Å². The second kappa shape index (κ2) is 6.23. The van der Waals surface area contributed by atoms with E-state index in [4.69, 9.17) is 15.0 Å². The lowest BCUT2D eigenvalue weighted by molar-refractivity contribution is 0.0922.